The molecule has 1 unspecified atom stereocenters. The molecule has 1 saturated carbocycles. The number of ketones is 1. The van der Waals surface area contributed by atoms with E-state index in [4.69, 9.17) is 0 Å². The van der Waals surface area contributed by atoms with Gasteiger partial charge >= 0.3 is 0 Å². The van der Waals surface area contributed by atoms with E-state index >= 15 is 0 Å². The van der Waals surface area contributed by atoms with Gasteiger partial charge in [0.15, 0.2) is 5.78 Å². The molecule has 17 heavy (non-hydrogen) atoms. The average Bonchev–Trinajstić information content (AvgIpc) is 2.33. The fourth-order valence-corrected chi connectivity index (χ4v) is 2.99. The zero-order valence-electron chi connectivity index (χ0n) is 11.0. The van der Waals surface area contributed by atoms with Gasteiger partial charge in [0.1, 0.15) is 5.54 Å². The monoisotopic (exact) mass is 233 g/mol. The first-order chi connectivity index (χ1) is 8.15. The van der Waals surface area contributed by atoms with E-state index in [1.54, 1.807) is 0 Å². The van der Waals surface area contributed by atoms with Crippen molar-refractivity contribution < 1.29 is 4.79 Å². The molecule has 0 amide bonds. The van der Waals surface area contributed by atoms with Gasteiger partial charge in [0.05, 0.1) is 0 Å². The highest BCUT2D eigenvalue weighted by Gasteiger charge is 2.42. The summed E-state index contributed by atoms with van der Waals surface area (Å²) in [7, 11) is 0. The van der Waals surface area contributed by atoms with E-state index in [2.05, 4.69) is 37.4 Å². The van der Waals surface area contributed by atoms with E-state index < -0.39 is 0 Å². The lowest BCUT2D eigenvalue weighted by molar-refractivity contribution is -0.126. The molecule has 1 fully saturated rings. The van der Waals surface area contributed by atoms with E-state index in [1.807, 2.05) is 0 Å². The highest BCUT2D eigenvalue weighted by molar-refractivity contribution is 5.93. The zero-order chi connectivity index (χ0) is 12.3. The van der Waals surface area contributed by atoms with Gasteiger partial charge in [-0.15, -0.1) is 0 Å². The lowest BCUT2D eigenvalue weighted by Crippen LogP contribution is -2.57. The molecule has 0 aromatic carbocycles. The Labute approximate surface area is 104 Å². The van der Waals surface area contributed by atoms with Crippen molar-refractivity contribution in [2.75, 3.05) is 0 Å². The summed E-state index contributed by atoms with van der Waals surface area (Å²) >= 11 is 0. The van der Waals surface area contributed by atoms with Crippen LogP contribution in [0.5, 0.6) is 0 Å². The predicted octanol–water partition coefficient (Wildman–Crippen LogP) is 3.14. The van der Waals surface area contributed by atoms with E-state index in [1.165, 1.54) is 5.57 Å². The maximum absolute atomic E-state index is 12.4. The Morgan fingerprint density at radius 1 is 1.29 bits per heavy atom. The van der Waals surface area contributed by atoms with Crippen LogP contribution in [-0.2, 0) is 4.79 Å². The van der Waals surface area contributed by atoms with E-state index in [0.717, 1.165) is 38.5 Å². The van der Waals surface area contributed by atoms with Crippen LogP contribution in [0.4, 0.5) is 0 Å². The molecule has 0 aromatic heterocycles. The first-order valence-electron chi connectivity index (χ1n) is 6.83. The Bertz CT molecular complexity index is 354. The van der Waals surface area contributed by atoms with Crippen LogP contribution in [0.15, 0.2) is 23.8 Å². The number of hydrogen-bond donors (Lipinski definition) is 1. The molecular formula is C15H23NO. The van der Waals surface area contributed by atoms with Crippen LogP contribution in [-0.4, -0.2) is 17.4 Å². The van der Waals surface area contributed by atoms with Crippen LogP contribution in [0.3, 0.4) is 0 Å². The van der Waals surface area contributed by atoms with E-state index in [-0.39, 0.29) is 5.54 Å². The minimum absolute atomic E-state index is 0.341. The predicted molar refractivity (Wildman–Crippen MR) is 70.9 cm³/mol. The van der Waals surface area contributed by atoms with Crippen molar-refractivity contribution in [2.24, 2.45) is 0 Å². The summed E-state index contributed by atoms with van der Waals surface area (Å²) in [6, 6.07) is 0.341. The third-order valence-electron chi connectivity index (χ3n) is 3.70. The van der Waals surface area contributed by atoms with Crippen LogP contribution in [0.1, 0.15) is 52.4 Å². The minimum Gasteiger partial charge on any atom is -0.299 e. The number of allylic oxidation sites excluding steroid dienone is 2. The van der Waals surface area contributed by atoms with Crippen molar-refractivity contribution in [3.63, 3.8) is 0 Å². The average molecular weight is 233 g/mol. The van der Waals surface area contributed by atoms with Gasteiger partial charge in [-0.05, 0) is 45.1 Å². The second-order valence-electron chi connectivity index (χ2n) is 5.47. The molecule has 0 spiro atoms. The maximum Gasteiger partial charge on any atom is 0.157 e. The number of hydrogen-bond acceptors (Lipinski definition) is 2. The number of Topliss-reactive ketones (excluding diaryl/α,β-unsaturated/α-hetero) is 1. The largest absolute Gasteiger partial charge is 0.299 e. The lowest BCUT2D eigenvalue weighted by atomic mass is 9.73. The summed E-state index contributed by atoms with van der Waals surface area (Å²) in [6.45, 7) is 4.24. The Balaban J connectivity index is 2.31. The van der Waals surface area contributed by atoms with Crippen LogP contribution in [0, 0.1) is 0 Å². The fraction of sp³-hybridized carbons (Fsp3) is 0.667. The van der Waals surface area contributed by atoms with Gasteiger partial charge in [-0.25, -0.2) is 0 Å². The van der Waals surface area contributed by atoms with Crippen molar-refractivity contribution in [3.8, 4) is 0 Å². The smallest absolute Gasteiger partial charge is 0.157 e. The zero-order valence-corrected chi connectivity index (χ0v) is 11.0. The highest BCUT2D eigenvalue weighted by Crippen LogP contribution is 2.34. The normalized spacial score (nSPS) is 29.6. The van der Waals surface area contributed by atoms with Crippen LogP contribution < -0.4 is 5.32 Å². The van der Waals surface area contributed by atoms with Gasteiger partial charge in [-0.3, -0.25) is 10.1 Å². The van der Waals surface area contributed by atoms with E-state index in [9.17, 15) is 4.79 Å². The molecule has 2 heteroatoms. The van der Waals surface area contributed by atoms with Gasteiger partial charge in [0, 0.05) is 12.5 Å². The molecule has 0 aliphatic heterocycles. The van der Waals surface area contributed by atoms with E-state index in [0.29, 0.717) is 11.8 Å². The number of rotatable bonds is 3. The summed E-state index contributed by atoms with van der Waals surface area (Å²) < 4.78 is 0. The summed E-state index contributed by atoms with van der Waals surface area (Å²) in [6.07, 6.45) is 12.7. The molecule has 2 nitrogen and oxygen atoms in total. The minimum atomic E-state index is -0.386. The third kappa shape index (κ3) is 2.52. The number of nitrogens with one attached hydrogen (secondary N) is 1. The molecule has 94 valence electrons. The summed E-state index contributed by atoms with van der Waals surface area (Å²) in [5.41, 5.74) is 0.825. The fourth-order valence-electron chi connectivity index (χ4n) is 2.99. The molecule has 2 rings (SSSR count). The summed E-state index contributed by atoms with van der Waals surface area (Å²) in [5.74, 6) is 0.384. The Morgan fingerprint density at radius 3 is 2.71 bits per heavy atom. The summed E-state index contributed by atoms with van der Waals surface area (Å²) in [4.78, 5) is 12.4. The molecule has 0 radical (unpaired) electrons. The molecule has 1 atom stereocenters. The maximum atomic E-state index is 12.4. The molecule has 2 aliphatic carbocycles. The second-order valence-corrected chi connectivity index (χ2v) is 5.47. The molecule has 0 saturated heterocycles. The van der Waals surface area contributed by atoms with Crippen molar-refractivity contribution >= 4 is 5.78 Å². The first kappa shape index (κ1) is 12.6. The molecular weight excluding hydrogens is 210 g/mol. The Hall–Kier alpha value is -0.890. The Kier molecular flexibility index (Phi) is 3.82. The van der Waals surface area contributed by atoms with Gasteiger partial charge < -0.3 is 0 Å². The van der Waals surface area contributed by atoms with Crippen molar-refractivity contribution in [2.45, 2.75) is 64.0 Å². The van der Waals surface area contributed by atoms with Crippen molar-refractivity contribution in [1.82, 2.24) is 5.32 Å². The topological polar surface area (TPSA) is 29.1 Å². The van der Waals surface area contributed by atoms with Crippen molar-refractivity contribution in [1.29, 1.82) is 0 Å². The standard InChI is InChI=1S/C15H23NO/c1-12(2)16-15(11-7-6-10-14(15)17)13-8-4-3-5-9-13/h4,8-9,12,16H,3,5-7,10-11H2,1-2H3. The van der Waals surface area contributed by atoms with Crippen LogP contribution in [0.2, 0.25) is 0 Å². The lowest BCUT2D eigenvalue weighted by Gasteiger charge is -2.40. The molecule has 0 heterocycles. The second kappa shape index (κ2) is 5.18. The summed E-state index contributed by atoms with van der Waals surface area (Å²) in [5, 5.41) is 3.55. The molecule has 2 aliphatic rings. The quantitative estimate of drug-likeness (QED) is 0.811. The Morgan fingerprint density at radius 2 is 2.12 bits per heavy atom. The molecule has 0 aromatic rings. The van der Waals surface area contributed by atoms with Gasteiger partial charge in [0.2, 0.25) is 0 Å². The number of carbonyl (C=O) groups excluding carboxylic acids is 1. The molecule has 1 N–H and O–H groups in total. The first-order valence-corrected chi connectivity index (χ1v) is 6.83. The SMILES string of the molecule is CC(C)NC1(C2=CCCC=C2)CCCCC1=O. The van der Waals surface area contributed by atoms with Gasteiger partial charge in [0.25, 0.3) is 0 Å². The van der Waals surface area contributed by atoms with Gasteiger partial charge in [-0.1, -0.05) is 24.6 Å². The number of carbonyl (C=O) groups is 1. The van der Waals surface area contributed by atoms with Gasteiger partial charge in [-0.2, -0.15) is 0 Å². The van der Waals surface area contributed by atoms with Crippen LogP contribution >= 0.6 is 0 Å². The molecule has 0 bridgehead atoms. The van der Waals surface area contributed by atoms with Crippen molar-refractivity contribution in [3.05, 3.63) is 23.8 Å². The third-order valence-corrected chi connectivity index (χ3v) is 3.70. The highest BCUT2D eigenvalue weighted by atomic mass is 16.1. The van der Waals surface area contributed by atoms with Crippen LogP contribution in [0.25, 0.3) is 0 Å².